The van der Waals surface area contributed by atoms with Crippen LogP contribution < -0.4 is 0 Å². The van der Waals surface area contributed by atoms with E-state index in [-0.39, 0.29) is 5.75 Å². The highest BCUT2D eigenvalue weighted by Crippen LogP contribution is 2.26. The van der Waals surface area contributed by atoms with Crippen LogP contribution in [-0.2, 0) is 19.7 Å². The highest BCUT2D eigenvalue weighted by molar-refractivity contribution is 8.31. The van der Waals surface area contributed by atoms with Crippen molar-refractivity contribution in [3.63, 3.8) is 0 Å². The Morgan fingerprint density at radius 2 is 1.40 bits per heavy atom. The predicted octanol–water partition coefficient (Wildman–Crippen LogP) is 3.88. The van der Waals surface area contributed by atoms with Gasteiger partial charge in [0.15, 0.2) is 0 Å². The van der Waals surface area contributed by atoms with E-state index in [0.717, 1.165) is 44.9 Å². The van der Waals surface area contributed by atoms with E-state index in [1.54, 1.807) is 0 Å². The van der Waals surface area contributed by atoms with Gasteiger partial charge in [-0.05, 0) is 19.3 Å². The quantitative estimate of drug-likeness (QED) is 0.185. The van der Waals surface area contributed by atoms with Crippen molar-refractivity contribution in [2.24, 2.45) is 0 Å². The van der Waals surface area contributed by atoms with Crippen molar-refractivity contribution >= 4 is 24.1 Å². The lowest BCUT2D eigenvalue weighted by Crippen LogP contribution is -2.36. The first kappa shape index (κ1) is 22.3. The van der Waals surface area contributed by atoms with Crippen molar-refractivity contribution in [2.45, 2.75) is 95.6 Å². The Morgan fingerprint density at radius 3 is 1.92 bits per heavy atom. The van der Waals surface area contributed by atoms with Gasteiger partial charge in [0.1, 0.15) is 0 Å². The van der Waals surface area contributed by atoms with E-state index in [0.29, 0.717) is 19.3 Å². The van der Waals surface area contributed by atoms with Gasteiger partial charge in [0.05, 0.1) is 11.0 Å². The van der Waals surface area contributed by atoms with E-state index >= 15 is 0 Å². The molecule has 0 heterocycles. The van der Waals surface area contributed by atoms with E-state index in [1.165, 1.54) is 19.3 Å². The first-order chi connectivity index (χ1) is 11.9. The summed E-state index contributed by atoms with van der Waals surface area (Å²) in [5.41, 5.74) is 9.08. The van der Waals surface area contributed by atoms with Crippen molar-refractivity contribution < 1.29 is 21.6 Å². The third kappa shape index (κ3) is 7.19. The number of unbranched alkanes of at least 4 members (excludes halogenated alkanes) is 7. The van der Waals surface area contributed by atoms with Crippen LogP contribution in [-0.4, -0.2) is 37.0 Å². The molecule has 0 aliphatic heterocycles. The maximum Gasteiger partial charge on any atom is 0.495 e. The molecular weight excluding hydrogens is 360 g/mol. The van der Waals surface area contributed by atoms with Gasteiger partial charge in [0, 0.05) is 0 Å². The van der Waals surface area contributed by atoms with Gasteiger partial charge in [-0.25, -0.2) is 16.8 Å². The van der Waals surface area contributed by atoms with Crippen LogP contribution >= 0.6 is 0 Å². The molecule has 1 rings (SSSR count). The van der Waals surface area contributed by atoms with Gasteiger partial charge in [-0.3, -0.25) is 0 Å². The lowest BCUT2D eigenvalue weighted by Gasteiger charge is -2.19. The fourth-order valence-electron chi connectivity index (χ4n) is 3.33. The monoisotopic (exact) mass is 392 g/mol. The number of sulfone groups is 2. The molecule has 25 heavy (non-hydrogen) atoms. The Hall–Kier alpha value is -0.720. The summed E-state index contributed by atoms with van der Waals surface area (Å²) in [5, 5.41) is -0.736. The largest absolute Gasteiger partial charge is 0.495 e. The zero-order chi connectivity index (χ0) is 18.8. The number of rotatable bonds is 10. The molecule has 0 atom stereocenters. The van der Waals surface area contributed by atoms with Crippen LogP contribution in [0.25, 0.3) is 5.53 Å². The molecule has 0 radical (unpaired) electrons. The molecule has 1 fully saturated rings. The van der Waals surface area contributed by atoms with Crippen molar-refractivity contribution in [2.75, 3.05) is 5.75 Å². The zero-order valence-electron chi connectivity index (χ0n) is 15.3. The van der Waals surface area contributed by atoms with Crippen molar-refractivity contribution in [3.8, 4) is 0 Å². The molecule has 1 aliphatic carbocycles. The molecule has 8 heteroatoms. The summed E-state index contributed by atoms with van der Waals surface area (Å²) < 4.78 is 48.7. The van der Waals surface area contributed by atoms with Gasteiger partial charge in [0.25, 0.3) is 19.7 Å². The second kappa shape index (κ2) is 11.1. The number of hydrogen-bond donors (Lipinski definition) is 0. The number of hydrogen-bond acceptors (Lipinski definition) is 4. The van der Waals surface area contributed by atoms with E-state index in [1.807, 2.05) is 0 Å². The summed E-state index contributed by atoms with van der Waals surface area (Å²) >= 11 is 0. The smallest absolute Gasteiger partial charge is 0.359 e. The zero-order valence-corrected chi connectivity index (χ0v) is 17.0. The van der Waals surface area contributed by atoms with Gasteiger partial charge >= 0.3 is 4.38 Å². The first-order valence-corrected chi connectivity index (χ1v) is 12.7. The molecule has 146 valence electrons. The lowest BCUT2D eigenvalue weighted by molar-refractivity contribution is 0.00370. The Balaban J connectivity index is 2.53. The predicted molar refractivity (Wildman–Crippen MR) is 101 cm³/mol. The molecule has 0 aromatic heterocycles. The molecule has 0 N–H and O–H groups in total. The van der Waals surface area contributed by atoms with E-state index < -0.39 is 29.3 Å². The van der Waals surface area contributed by atoms with Crippen molar-refractivity contribution in [1.29, 1.82) is 0 Å². The fraction of sp³-hybridized carbons (Fsp3) is 0.941. The van der Waals surface area contributed by atoms with Gasteiger partial charge < -0.3 is 5.53 Å². The second-order valence-electron chi connectivity index (χ2n) is 6.96. The highest BCUT2D eigenvalue weighted by Gasteiger charge is 2.46. The van der Waals surface area contributed by atoms with E-state index in [2.05, 4.69) is 11.7 Å². The average Bonchev–Trinajstić information content (AvgIpc) is 2.58. The van der Waals surface area contributed by atoms with Gasteiger partial charge in [0.2, 0.25) is 0 Å². The minimum absolute atomic E-state index is 0.271. The molecule has 0 unspecified atom stereocenters. The minimum Gasteiger partial charge on any atom is -0.359 e. The summed E-state index contributed by atoms with van der Waals surface area (Å²) in [5.74, 6) is -0.271. The van der Waals surface area contributed by atoms with Crippen molar-refractivity contribution in [3.05, 3.63) is 5.53 Å². The summed E-state index contributed by atoms with van der Waals surface area (Å²) in [4.78, 5) is 2.70. The van der Waals surface area contributed by atoms with Gasteiger partial charge in [-0.2, -0.15) is 0 Å². The topological polar surface area (TPSA) is 105 Å². The third-order valence-corrected chi connectivity index (χ3v) is 9.66. The van der Waals surface area contributed by atoms with Gasteiger partial charge in [-0.15, -0.1) is 4.79 Å². The normalized spacial score (nSPS) is 16.5. The van der Waals surface area contributed by atoms with Crippen LogP contribution in [0.5, 0.6) is 0 Å². The maximum atomic E-state index is 12.5. The molecule has 1 saturated carbocycles. The van der Waals surface area contributed by atoms with Crippen LogP contribution in [0.2, 0.25) is 0 Å². The summed E-state index contributed by atoms with van der Waals surface area (Å²) in [6.45, 7) is 2.16. The maximum absolute atomic E-state index is 12.5. The van der Waals surface area contributed by atoms with Crippen LogP contribution in [0, 0.1) is 0 Å². The summed E-state index contributed by atoms with van der Waals surface area (Å²) in [7, 11) is -8.15. The Bertz CT molecular complexity index is 644. The lowest BCUT2D eigenvalue weighted by atomic mass is 10.0. The van der Waals surface area contributed by atoms with E-state index in [4.69, 9.17) is 5.53 Å². The SMILES string of the molecule is CCCCCCCCCCS(=O)(=O)C(=[N+]=[N-])S(=O)(=O)C1CCCCC1. The second-order valence-corrected chi connectivity index (χ2v) is 11.4. The summed E-state index contributed by atoms with van der Waals surface area (Å²) in [6, 6.07) is 0. The first-order valence-electron chi connectivity index (χ1n) is 9.55. The highest BCUT2D eigenvalue weighted by atomic mass is 32.3. The third-order valence-electron chi connectivity index (χ3n) is 4.85. The van der Waals surface area contributed by atoms with Crippen LogP contribution in [0.4, 0.5) is 0 Å². The molecule has 0 saturated heterocycles. The number of nitrogens with zero attached hydrogens (tertiary/aromatic N) is 2. The molecule has 0 spiro atoms. The molecule has 0 aromatic rings. The molecule has 0 bridgehead atoms. The molecular formula is C17H32N2O4S2. The summed E-state index contributed by atoms with van der Waals surface area (Å²) in [6.07, 6.45) is 11.3. The fourth-order valence-corrected chi connectivity index (χ4v) is 7.64. The van der Waals surface area contributed by atoms with Crippen LogP contribution in [0.15, 0.2) is 0 Å². The molecule has 6 nitrogen and oxygen atoms in total. The Labute approximate surface area is 152 Å². The van der Waals surface area contributed by atoms with Crippen LogP contribution in [0.3, 0.4) is 0 Å². The minimum atomic E-state index is -4.08. The Morgan fingerprint density at radius 1 is 0.880 bits per heavy atom. The molecule has 0 aromatic carbocycles. The van der Waals surface area contributed by atoms with Gasteiger partial charge in [-0.1, -0.05) is 71.1 Å². The van der Waals surface area contributed by atoms with E-state index in [9.17, 15) is 16.8 Å². The average molecular weight is 393 g/mol. The molecule has 1 aliphatic rings. The van der Waals surface area contributed by atoms with Crippen molar-refractivity contribution in [1.82, 2.24) is 0 Å². The molecule has 0 amide bonds. The van der Waals surface area contributed by atoms with Crippen LogP contribution in [0.1, 0.15) is 90.4 Å². The standard InChI is InChI=1S/C17H32N2O4S2/c1-2-3-4-5-6-7-8-12-15-24(20,21)17(19-18)25(22,23)16-13-10-9-11-14-16/h16H,2-15H2,1H3. The Kier molecular flexibility index (Phi) is 9.90.